The van der Waals surface area contributed by atoms with Gasteiger partial charge < -0.3 is 4.79 Å². The Kier molecular flexibility index (Phi) is 6.72. The summed E-state index contributed by atoms with van der Waals surface area (Å²) in [5.41, 5.74) is 0. The summed E-state index contributed by atoms with van der Waals surface area (Å²) in [4.78, 5) is 12.1. The van der Waals surface area contributed by atoms with E-state index in [2.05, 4.69) is 0 Å². The van der Waals surface area contributed by atoms with Crippen molar-refractivity contribution in [1.29, 1.82) is 0 Å². The highest BCUT2D eigenvalue weighted by molar-refractivity contribution is 7.13. The van der Waals surface area contributed by atoms with Gasteiger partial charge in [-0.1, -0.05) is 48.6 Å². The van der Waals surface area contributed by atoms with E-state index >= 15 is 0 Å². The van der Waals surface area contributed by atoms with E-state index in [1.807, 2.05) is 0 Å². The van der Waals surface area contributed by atoms with Gasteiger partial charge in [0.25, 0.3) is 0 Å². The summed E-state index contributed by atoms with van der Waals surface area (Å²) in [5.74, 6) is -37.5. The molecule has 0 unspecified atom stereocenters. The first kappa shape index (κ1) is 27.2. The van der Waals surface area contributed by atoms with Crippen LogP contribution in [0.15, 0.2) is 30.3 Å². The third-order valence-corrected chi connectivity index (χ3v) is 7.92. The molecule has 0 bridgehead atoms. The van der Waals surface area contributed by atoms with E-state index in [4.69, 9.17) is 0 Å². The number of alkyl halides is 13. The smallest absolute Gasteiger partial charge is 0.305 e. The van der Waals surface area contributed by atoms with Crippen molar-refractivity contribution in [1.82, 2.24) is 0 Å². The molecule has 0 saturated carbocycles. The highest BCUT2D eigenvalue weighted by Gasteiger charge is 2.90. The van der Waals surface area contributed by atoms with Crippen LogP contribution >= 0.6 is 0 Å². The Morgan fingerprint density at radius 2 is 1.06 bits per heavy atom. The average molecular weight is 496 g/mol. The molecule has 0 fully saturated rings. The van der Waals surface area contributed by atoms with E-state index in [9.17, 15) is 61.9 Å². The molecule has 0 aromatic heterocycles. The molecule has 0 spiro atoms. The van der Waals surface area contributed by atoms with Crippen molar-refractivity contribution >= 4 is 18.7 Å². The average Bonchev–Trinajstić information content (AvgIpc) is 2.60. The maximum atomic E-state index is 13.9. The largest absolute Gasteiger partial charge is 0.460 e. The van der Waals surface area contributed by atoms with Crippen LogP contribution in [0.25, 0.3) is 0 Å². The zero-order valence-electron chi connectivity index (χ0n) is 15.4. The molecule has 0 saturated heterocycles. The molecular weight excluding hydrogens is 483 g/mol. The number of rotatable bonds is 8. The van der Waals surface area contributed by atoms with E-state index in [0.717, 1.165) is 13.1 Å². The maximum absolute atomic E-state index is 13.9. The first-order valence-corrected chi connectivity index (χ1v) is 11.0. The summed E-state index contributed by atoms with van der Waals surface area (Å²) in [5, 5.41) is -1.70. The van der Waals surface area contributed by atoms with Crippen LogP contribution in [0.3, 0.4) is 0 Å². The Bertz CT molecular complexity index is 799. The van der Waals surface area contributed by atoms with Crippen LogP contribution in [0.2, 0.25) is 13.1 Å². The molecule has 1 aromatic carbocycles. The molecule has 0 aliphatic carbocycles. The number of halogens is 13. The summed E-state index contributed by atoms with van der Waals surface area (Å²) in [7, 11) is -3.76. The monoisotopic (exact) mass is 496 g/mol. The van der Waals surface area contributed by atoms with Crippen molar-refractivity contribution in [3.63, 3.8) is 0 Å². The molecule has 0 amide bonds. The van der Waals surface area contributed by atoms with Gasteiger partial charge in [-0.2, -0.15) is 57.1 Å². The molecule has 15 heteroatoms. The van der Waals surface area contributed by atoms with Crippen molar-refractivity contribution < 1.29 is 61.9 Å². The van der Waals surface area contributed by atoms with Gasteiger partial charge in [-0.15, -0.1) is 0 Å². The lowest BCUT2D eigenvalue weighted by atomic mass is 9.93. The van der Waals surface area contributed by atoms with E-state index in [1.54, 1.807) is 0 Å². The Hall–Kier alpha value is -1.80. The number of carbonyl (C=O) groups is 1. The number of hydrogen-bond donors (Lipinski definition) is 0. The molecule has 0 N–H and O–H groups in total. The Labute approximate surface area is 167 Å². The first-order chi connectivity index (χ1) is 13.5. The summed E-state index contributed by atoms with van der Waals surface area (Å²) < 4.78 is 171. The second kappa shape index (κ2) is 7.66. The number of carbonyl (C=O) groups excluding carboxylic acids is 1. The first-order valence-electron chi connectivity index (χ1n) is 8.03. The third-order valence-electron chi connectivity index (χ3n) is 4.57. The lowest BCUT2D eigenvalue weighted by Gasteiger charge is -2.40. The lowest BCUT2D eigenvalue weighted by Crippen LogP contribution is -2.70. The molecule has 0 aliphatic heterocycles. The molecule has 178 valence electrons. The fraction of sp³-hybridized carbons (Fsp3) is 0.562. The molecule has 31 heavy (non-hydrogen) atoms. The molecule has 1 rings (SSSR count). The van der Waals surface area contributed by atoms with Gasteiger partial charge in [0.2, 0.25) is 0 Å². The zero-order chi connectivity index (χ0) is 24.9. The van der Waals surface area contributed by atoms with Gasteiger partial charge in [0.1, 0.15) is 5.41 Å². The fourth-order valence-corrected chi connectivity index (χ4v) is 4.36. The van der Waals surface area contributed by atoms with Crippen molar-refractivity contribution in [3.8, 4) is 0 Å². The SMILES string of the molecule is C[Si](C)(C(=O)CC(F)(F)C(F)(F)C(F)(F)C(F)(F)C(F)(F)C(F)(F)F)c1ccccc1. The second-order valence-corrected chi connectivity index (χ2v) is 11.5. The minimum Gasteiger partial charge on any atom is -0.305 e. The van der Waals surface area contributed by atoms with Crippen molar-refractivity contribution in [3.05, 3.63) is 30.3 Å². The van der Waals surface area contributed by atoms with Gasteiger partial charge in [0.05, 0.1) is 6.42 Å². The lowest BCUT2D eigenvalue weighted by molar-refractivity contribution is -0.439. The summed E-state index contributed by atoms with van der Waals surface area (Å²) in [6.45, 7) is 2.06. The number of benzene rings is 1. The molecular formula is C16H13F13OSi. The van der Waals surface area contributed by atoms with Crippen LogP contribution in [-0.4, -0.2) is 49.3 Å². The Morgan fingerprint density at radius 3 is 1.45 bits per heavy atom. The molecule has 0 radical (unpaired) electrons. The van der Waals surface area contributed by atoms with Gasteiger partial charge in [-0.3, -0.25) is 0 Å². The third kappa shape index (κ3) is 4.16. The van der Waals surface area contributed by atoms with Crippen molar-refractivity contribution in [2.75, 3.05) is 0 Å². The van der Waals surface area contributed by atoms with Crippen LogP contribution in [0.1, 0.15) is 6.42 Å². The van der Waals surface area contributed by atoms with E-state index < -0.39 is 55.7 Å². The van der Waals surface area contributed by atoms with Crippen LogP contribution in [-0.2, 0) is 4.79 Å². The molecule has 1 nitrogen and oxygen atoms in total. The maximum Gasteiger partial charge on any atom is 0.460 e. The van der Waals surface area contributed by atoms with Crippen LogP contribution in [0.4, 0.5) is 57.1 Å². The predicted molar refractivity (Wildman–Crippen MR) is 84.0 cm³/mol. The minimum absolute atomic E-state index is 0.0554. The van der Waals surface area contributed by atoms with Gasteiger partial charge in [-0.05, 0) is 0 Å². The number of hydrogen-bond acceptors (Lipinski definition) is 1. The molecule has 0 aliphatic rings. The van der Waals surface area contributed by atoms with Crippen molar-refractivity contribution in [2.45, 2.75) is 55.3 Å². The van der Waals surface area contributed by atoms with Crippen LogP contribution in [0, 0.1) is 0 Å². The van der Waals surface area contributed by atoms with Gasteiger partial charge in [0, 0.05) is 0 Å². The van der Waals surface area contributed by atoms with E-state index in [1.165, 1.54) is 30.3 Å². The van der Waals surface area contributed by atoms with Gasteiger partial charge in [0.15, 0.2) is 8.07 Å². The molecule has 0 atom stereocenters. The highest BCUT2D eigenvalue weighted by Crippen LogP contribution is 2.60. The Morgan fingerprint density at radius 1 is 0.677 bits per heavy atom. The Balaban J connectivity index is 3.39. The van der Waals surface area contributed by atoms with E-state index in [-0.39, 0.29) is 5.19 Å². The summed E-state index contributed by atoms with van der Waals surface area (Å²) in [6.07, 6.45) is -10.3. The fourth-order valence-electron chi connectivity index (χ4n) is 2.35. The van der Waals surface area contributed by atoms with Gasteiger partial charge >= 0.3 is 35.8 Å². The quantitative estimate of drug-likeness (QED) is 0.327. The second-order valence-electron chi connectivity index (χ2n) is 7.09. The zero-order valence-corrected chi connectivity index (χ0v) is 16.4. The van der Waals surface area contributed by atoms with Gasteiger partial charge in [-0.25, -0.2) is 0 Å². The van der Waals surface area contributed by atoms with E-state index in [0.29, 0.717) is 0 Å². The topological polar surface area (TPSA) is 17.1 Å². The standard InChI is InChI=1S/C16H13F13OSi/c1-31(2,9-6-4-3-5-7-9)10(30)8-11(17,18)12(19,20)13(21,22)14(23,24)15(25,26)16(27,28)29/h3-7H,8H2,1-2H3. The predicted octanol–water partition coefficient (Wildman–Crippen LogP) is 5.84. The molecule has 1 aromatic rings. The van der Waals surface area contributed by atoms with Crippen LogP contribution in [0.5, 0.6) is 0 Å². The summed E-state index contributed by atoms with van der Waals surface area (Å²) >= 11 is 0. The van der Waals surface area contributed by atoms with Crippen LogP contribution < -0.4 is 5.19 Å². The normalized spacial score (nSPS) is 15.2. The minimum atomic E-state index is -7.97. The van der Waals surface area contributed by atoms with Crippen molar-refractivity contribution in [2.24, 2.45) is 0 Å². The molecule has 0 heterocycles. The highest BCUT2D eigenvalue weighted by atomic mass is 28.3. The summed E-state index contributed by atoms with van der Waals surface area (Å²) in [6, 6.07) is 6.49.